The summed E-state index contributed by atoms with van der Waals surface area (Å²) in [5, 5.41) is 0. The van der Waals surface area contributed by atoms with Gasteiger partial charge in [0.1, 0.15) is 5.82 Å². The number of halogens is 1. The summed E-state index contributed by atoms with van der Waals surface area (Å²) in [6.07, 6.45) is 2.65. The number of nitrogens with two attached hydrogens (primary N) is 2. The Hall–Kier alpha value is -1.46. The number of nitrogens with zero attached hydrogens (tertiary/aromatic N) is 1. The number of primary amides is 1. The fourth-order valence-electron chi connectivity index (χ4n) is 3.07. The maximum absolute atomic E-state index is 14.1. The van der Waals surface area contributed by atoms with Crippen LogP contribution in [0.25, 0.3) is 0 Å². The first kappa shape index (κ1) is 14.9. The average molecular weight is 279 g/mol. The maximum atomic E-state index is 14.1. The largest absolute Gasteiger partial charge is 0.368 e. The van der Waals surface area contributed by atoms with E-state index in [0.717, 1.165) is 12.8 Å². The van der Waals surface area contributed by atoms with Gasteiger partial charge in [-0.2, -0.15) is 0 Å². The van der Waals surface area contributed by atoms with Crippen molar-refractivity contribution in [1.29, 1.82) is 0 Å². The lowest BCUT2D eigenvalue weighted by Gasteiger charge is -2.41. The van der Waals surface area contributed by atoms with Crippen molar-refractivity contribution in [2.24, 2.45) is 11.5 Å². The van der Waals surface area contributed by atoms with Crippen LogP contribution in [0.4, 0.5) is 4.39 Å². The van der Waals surface area contributed by atoms with E-state index in [2.05, 4.69) is 0 Å². The van der Waals surface area contributed by atoms with Crippen LogP contribution < -0.4 is 11.5 Å². The highest BCUT2D eigenvalue weighted by Crippen LogP contribution is 2.31. The number of likely N-dealkylation sites (tertiary alicyclic amines) is 1. The van der Waals surface area contributed by atoms with Crippen LogP contribution in [0.2, 0.25) is 0 Å². The highest BCUT2D eigenvalue weighted by molar-refractivity contribution is 5.80. The zero-order valence-corrected chi connectivity index (χ0v) is 11.8. The van der Waals surface area contributed by atoms with Crippen molar-refractivity contribution in [3.05, 3.63) is 35.6 Å². The van der Waals surface area contributed by atoms with Crippen molar-refractivity contribution < 1.29 is 9.18 Å². The zero-order chi connectivity index (χ0) is 14.7. The van der Waals surface area contributed by atoms with Crippen molar-refractivity contribution in [2.75, 3.05) is 6.54 Å². The second-order valence-corrected chi connectivity index (χ2v) is 5.48. The Labute approximate surface area is 118 Å². The summed E-state index contributed by atoms with van der Waals surface area (Å²) in [7, 11) is 0. The van der Waals surface area contributed by atoms with Gasteiger partial charge in [-0.15, -0.1) is 0 Å². The summed E-state index contributed by atoms with van der Waals surface area (Å²) in [6, 6.07) is 5.63. The summed E-state index contributed by atoms with van der Waals surface area (Å²) >= 11 is 0. The minimum Gasteiger partial charge on any atom is -0.368 e. The Morgan fingerprint density at radius 1 is 1.40 bits per heavy atom. The van der Waals surface area contributed by atoms with Crippen LogP contribution in [-0.4, -0.2) is 29.4 Å². The standard InChI is InChI=1S/C15H22FN3O/c1-10(17)14(11-6-2-3-7-12(11)16)19-9-5-4-8-13(19)15(18)20/h2-3,6-7,10,13-14H,4-5,8-9,17H2,1H3,(H2,18,20). The highest BCUT2D eigenvalue weighted by atomic mass is 19.1. The highest BCUT2D eigenvalue weighted by Gasteiger charge is 2.35. The fourth-order valence-corrected chi connectivity index (χ4v) is 3.07. The van der Waals surface area contributed by atoms with Crippen molar-refractivity contribution in [3.63, 3.8) is 0 Å². The molecule has 1 saturated heterocycles. The first-order valence-electron chi connectivity index (χ1n) is 7.07. The topological polar surface area (TPSA) is 72.3 Å². The summed E-state index contributed by atoms with van der Waals surface area (Å²) in [5.74, 6) is -0.643. The predicted octanol–water partition coefficient (Wildman–Crippen LogP) is 1.55. The molecule has 110 valence electrons. The minimum absolute atomic E-state index is 0.285. The maximum Gasteiger partial charge on any atom is 0.234 e. The molecule has 0 spiro atoms. The molecule has 1 amide bonds. The lowest BCUT2D eigenvalue weighted by atomic mass is 9.92. The number of carbonyl (C=O) groups is 1. The fraction of sp³-hybridized carbons (Fsp3) is 0.533. The van der Waals surface area contributed by atoms with Crippen LogP contribution in [0.5, 0.6) is 0 Å². The summed E-state index contributed by atoms with van der Waals surface area (Å²) in [5.41, 5.74) is 12.1. The van der Waals surface area contributed by atoms with Crippen LogP contribution in [0.1, 0.15) is 37.8 Å². The van der Waals surface area contributed by atoms with Crippen LogP contribution in [0.15, 0.2) is 24.3 Å². The van der Waals surface area contributed by atoms with E-state index in [9.17, 15) is 9.18 Å². The number of rotatable bonds is 4. The first-order valence-corrected chi connectivity index (χ1v) is 7.07. The molecule has 1 aromatic rings. The molecule has 0 bridgehead atoms. The molecule has 4 N–H and O–H groups in total. The van der Waals surface area contributed by atoms with Gasteiger partial charge in [-0.3, -0.25) is 9.69 Å². The molecule has 1 aromatic carbocycles. The second-order valence-electron chi connectivity index (χ2n) is 5.48. The van der Waals surface area contributed by atoms with E-state index in [1.807, 2.05) is 11.8 Å². The molecule has 1 aliphatic rings. The third kappa shape index (κ3) is 2.99. The third-order valence-electron chi connectivity index (χ3n) is 3.95. The average Bonchev–Trinajstić information content (AvgIpc) is 2.41. The number of carbonyl (C=O) groups excluding carboxylic acids is 1. The molecule has 0 aromatic heterocycles. The van der Waals surface area contributed by atoms with Crippen LogP contribution >= 0.6 is 0 Å². The number of piperidine rings is 1. The SMILES string of the molecule is CC(N)C(c1ccccc1F)N1CCCCC1C(N)=O. The van der Waals surface area contributed by atoms with Gasteiger partial charge in [0.2, 0.25) is 5.91 Å². The number of benzene rings is 1. The van der Waals surface area contributed by atoms with Crippen LogP contribution in [0, 0.1) is 5.82 Å². The van der Waals surface area contributed by atoms with Gasteiger partial charge in [-0.25, -0.2) is 4.39 Å². The summed E-state index contributed by atoms with van der Waals surface area (Å²) in [6.45, 7) is 2.55. The molecule has 5 heteroatoms. The number of amides is 1. The molecule has 3 unspecified atom stereocenters. The van der Waals surface area contributed by atoms with Gasteiger partial charge in [-0.05, 0) is 32.4 Å². The van der Waals surface area contributed by atoms with E-state index in [1.165, 1.54) is 6.07 Å². The first-order chi connectivity index (χ1) is 9.52. The molecular formula is C15H22FN3O. The van der Waals surface area contributed by atoms with Crippen LogP contribution in [0.3, 0.4) is 0 Å². The van der Waals surface area contributed by atoms with Gasteiger partial charge in [-0.1, -0.05) is 24.6 Å². The van der Waals surface area contributed by atoms with Crippen molar-refractivity contribution in [1.82, 2.24) is 4.90 Å². The third-order valence-corrected chi connectivity index (χ3v) is 3.95. The molecule has 1 heterocycles. The Morgan fingerprint density at radius 3 is 2.70 bits per heavy atom. The number of hydrogen-bond acceptors (Lipinski definition) is 3. The summed E-state index contributed by atoms with van der Waals surface area (Å²) in [4.78, 5) is 13.6. The monoisotopic (exact) mass is 279 g/mol. The van der Waals surface area contributed by atoms with Gasteiger partial charge in [0.05, 0.1) is 12.1 Å². The smallest absolute Gasteiger partial charge is 0.234 e. The molecule has 1 fully saturated rings. The molecule has 0 aliphatic carbocycles. The Kier molecular flexibility index (Phi) is 4.73. The minimum atomic E-state index is -0.362. The molecule has 0 saturated carbocycles. The summed E-state index contributed by atoms with van der Waals surface area (Å²) < 4.78 is 14.1. The Balaban J connectivity index is 2.37. The van der Waals surface area contributed by atoms with Gasteiger partial charge in [0, 0.05) is 11.6 Å². The van der Waals surface area contributed by atoms with E-state index in [-0.39, 0.29) is 29.8 Å². The van der Waals surface area contributed by atoms with Gasteiger partial charge < -0.3 is 11.5 Å². The van der Waals surface area contributed by atoms with Gasteiger partial charge in [0.25, 0.3) is 0 Å². The molecule has 3 atom stereocenters. The normalized spacial score (nSPS) is 23.2. The molecule has 4 nitrogen and oxygen atoms in total. The number of hydrogen-bond donors (Lipinski definition) is 2. The van der Waals surface area contributed by atoms with E-state index in [1.54, 1.807) is 18.2 Å². The lowest BCUT2D eigenvalue weighted by Crippen LogP contribution is -2.52. The molecule has 0 radical (unpaired) electrons. The predicted molar refractivity (Wildman–Crippen MR) is 76.3 cm³/mol. The van der Waals surface area contributed by atoms with E-state index >= 15 is 0 Å². The van der Waals surface area contributed by atoms with Crippen LogP contribution in [-0.2, 0) is 4.79 Å². The van der Waals surface area contributed by atoms with Crippen molar-refractivity contribution >= 4 is 5.91 Å². The van der Waals surface area contributed by atoms with E-state index < -0.39 is 0 Å². The van der Waals surface area contributed by atoms with E-state index in [0.29, 0.717) is 18.5 Å². The molecular weight excluding hydrogens is 257 g/mol. The van der Waals surface area contributed by atoms with Gasteiger partial charge in [0.15, 0.2) is 0 Å². The van der Waals surface area contributed by atoms with Crippen molar-refractivity contribution in [3.8, 4) is 0 Å². The van der Waals surface area contributed by atoms with Crippen molar-refractivity contribution in [2.45, 2.75) is 44.3 Å². The van der Waals surface area contributed by atoms with Gasteiger partial charge >= 0.3 is 0 Å². The quantitative estimate of drug-likeness (QED) is 0.878. The van der Waals surface area contributed by atoms with E-state index in [4.69, 9.17) is 11.5 Å². The zero-order valence-electron chi connectivity index (χ0n) is 11.8. The molecule has 1 aliphatic heterocycles. The lowest BCUT2D eigenvalue weighted by molar-refractivity contribution is -0.125. The second kappa shape index (κ2) is 6.33. The molecule has 2 rings (SSSR count). The Bertz CT molecular complexity index is 478. The Morgan fingerprint density at radius 2 is 2.10 bits per heavy atom. The molecule has 20 heavy (non-hydrogen) atoms.